The maximum absolute atomic E-state index is 12.2. The van der Waals surface area contributed by atoms with Crippen LogP contribution in [-0.2, 0) is 0 Å². The van der Waals surface area contributed by atoms with Gasteiger partial charge in [-0.05, 0) is 35.9 Å². The lowest BCUT2D eigenvalue weighted by Gasteiger charge is -1.99. The number of hydrogen-bond donors (Lipinski definition) is 1. The largest absolute Gasteiger partial charge is 0.453 e. The molecule has 0 fully saturated rings. The number of hydrogen-bond acceptors (Lipinski definition) is 3. The van der Waals surface area contributed by atoms with Gasteiger partial charge in [-0.2, -0.15) is 0 Å². The highest BCUT2D eigenvalue weighted by Gasteiger charge is 2.09. The Morgan fingerprint density at radius 1 is 0.920 bits per heavy atom. The van der Waals surface area contributed by atoms with E-state index in [2.05, 4.69) is 5.32 Å². The van der Waals surface area contributed by atoms with Crippen LogP contribution >= 0.6 is 0 Å². The lowest BCUT2D eigenvalue weighted by Crippen LogP contribution is -2.17. The number of furan rings is 1. The van der Waals surface area contributed by atoms with Crippen LogP contribution in [0.5, 0.6) is 0 Å². The van der Waals surface area contributed by atoms with Gasteiger partial charge in [-0.25, -0.2) is 0 Å². The van der Waals surface area contributed by atoms with Gasteiger partial charge in [0.05, 0.1) is 0 Å². The molecule has 1 heterocycles. The standard InChI is InChI=1S/C21H17NO3/c1-22-21(24)17-10-7-15(8-11-17)9-12-18(23)20-14-13-19(25-20)16-5-3-2-4-6-16/h2-14H,1H3,(H,22,24)/b12-9+. The van der Waals surface area contributed by atoms with Gasteiger partial charge in [0.2, 0.25) is 5.78 Å². The number of allylic oxidation sites excluding steroid dienone is 1. The molecule has 0 aliphatic rings. The lowest BCUT2D eigenvalue weighted by atomic mass is 10.1. The van der Waals surface area contributed by atoms with Gasteiger partial charge in [-0.15, -0.1) is 0 Å². The quantitative estimate of drug-likeness (QED) is 0.563. The minimum absolute atomic E-state index is 0.143. The van der Waals surface area contributed by atoms with Crippen molar-refractivity contribution < 1.29 is 14.0 Å². The van der Waals surface area contributed by atoms with Gasteiger partial charge in [0, 0.05) is 18.2 Å². The summed E-state index contributed by atoms with van der Waals surface area (Å²) in [6, 6.07) is 20.1. The van der Waals surface area contributed by atoms with Crippen molar-refractivity contribution in [2.24, 2.45) is 0 Å². The van der Waals surface area contributed by atoms with Crippen molar-refractivity contribution in [1.29, 1.82) is 0 Å². The first-order valence-corrected chi connectivity index (χ1v) is 7.87. The Morgan fingerprint density at radius 3 is 2.32 bits per heavy atom. The summed E-state index contributed by atoms with van der Waals surface area (Å²) >= 11 is 0. The topological polar surface area (TPSA) is 59.3 Å². The molecule has 4 nitrogen and oxygen atoms in total. The third-order valence-corrected chi connectivity index (χ3v) is 3.73. The van der Waals surface area contributed by atoms with E-state index in [0.29, 0.717) is 11.3 Å². The fourth-order valence-corrected chi connectivity index (χ4v) is 2.37. The molecule has 3 aromatic rings. The fourth-order valence-electron chi connectivity index (χ4n) is 2.37. The molecule has 124 valence electrons. The van der Waals surface area contributed by atoms with Crippen LogP contribution in [0.1, 0.15) is 26.5 Å². The molecule has 3 rings (SSSR count). The first-order chi connectivity index (χ1) is 12.2. The zero-order valence-electron chi connectivity index (χ0n) is 13.7. The van der Waals surface area contributed by atoms with Crippen LogP contribution in [0.4, 0.5) is 0 Å². The van der Waals surface area contributed by atoms with E-state index in [1.54, 1.807) is 49.5 Å². The number of benzene rings is 2. The minimum atomic E-state index is -0.211. The summed E-state index contributed by atoms with van der Waals surface area (Å²) in [5, 5.41) is 2.56. The van der Waals surface area contributed by atoms with E-state index in [4.69, 9.17) is 4.42 Å². The summed E-state index contributed by atoms with van der Waals surface area (Å²) in [5.74, 6) is 0.595. The van der Waals surface area contributed by atoms with Gasteiger partial charge in [0.1, 0.15) is 5.76 Å². The van der Waals surface area contributed by atoms with Gasteiger partial charge < -0.3 is 9.73 Å². The molecule has 4 heteroatoms. The van der Waals surface area contributed by atoms with Crippen molar-refractivity contribution in [3.8, 4) is 11.3 Å². The molecule has 0 bridgehead atoms. The van der Waals surface area contributed by atoms with E-state index in [9.17, 15) is 9.59 Å². The van der Waals surface area contributed by atoms with Gasteiger partial charge in [-0.3, -0.25) is 9.59 Å². The highest BCUT2D eigenvalue weighted by Crippen LogP contribution is 2.22. The molecule has 0 saturated carbocycles. The van der Waals surface area contributed by atoms with Crippen LogP contribution in [0.25, 0.3) is 17.4 Å². The molecule has 1 N–H and O–H groups in total. The lowest BCUT2D eigenvalue weighted by molar-refractivity contribution is 0.0962. The van der Waals surface area contributed by atoms with E-state index in [-0.39, 0.29) is 17.5 Å². The minimum Gasteiger partial charge on any atom is -0.453 e. The van der Waals surface area contributed by atoms with E-state index >= 15 is 0 Å². The second-order valence-corrected chi connectivity index (χ2v) is 5.43. The molecule has 0 aliphatic carbocycles. The van der Waals surface area contributed by atoms with E-state index < -0.39 is 0 Å². The number of nitrogens with one attached hydrogen (secondary N) is 1. The Morgan fingerprint density at radius 2 is 1.64 bits per heavy atom. The number of rotatable bonds is 5. The van der Waals surface area contributed by atoms with E-state index in [1.807, 2.05) is 30.3 Å². The first kappa shape index (κ1) is 16.5. The first-order valence-electron chi connectivity index (χ1n) is 7.87. The Hall–Kier alpha value is -3.40. The Bertz CT molecular complexity index is 906. The Kier molecular flexibility index (Phi) is 4.90. The van der Waals surface area contributed by atoms with Crippen molar-refractivity contribution in [2.75, 3.05) is 7.05 Å². The van der Waals surface area contributed by atoms with E-state index in [1.165, 1.54) is 6.08 Å². The van der Waals surface area contributed by atoms with Gasteiger partial charge >= 0.3 is 0 Å². The van der Waals surface area contributed by atoms with Crippen molar-refractivity contribution in [2.45, 2.75) is 0 Å². The maximum atomic E-state index is 12.2. The number of carbonyl (C=O) groups is 2. The van der Waals surface area contributed by atoms with Crippen LogP contribution in [0.3, 0.4) is 0 Å². The maximum Gasteiger partial charge on any atom is 0.251 e. The molecule has 0 spiro atoms. The van der Waals surface area contributed by atoms with Crippen LogP contribution in [0, 0.1) is 0 Å². The molecule has 2 aromatic carbocycles. The van der Waals surface area contributed by atoms with E-state index in [0.717, 1.165) is 11.1 Å². The average molecular weight is 331 g/mol. The Labute approximate surface area is 145 Å². The normalized spacial score (nSPS) is 10.8. The second-order valence-electron chi connectivity index (χ2n) is 5.43. The molecular formula is C21H17NO3. The van der Waals surface area contributed by atoms with Crippen LogP contribution in [-0.4, -0.2) is 18.7 Å². The van der Waals surface area contributed by atoms with Gasteiger partial charge in [0.25, 0.3) is 5.91 Å². The molecule has 0 saturated heterocycles. The van der Waals surface area contributed by atoms with Crippen molar-refractivity contribution >= 4 is 17.8 Å². The molecule has 0 atom stereocenters. The predicted octanol–water partition coefficient (Wildman–Crippen LogP) is 4.20. The summed E-state index contributed by atoms with van der Waals surface area (Å²) in [6.07, 6.45) is 3.16. The summed E-state index contributed by atoms with van der Waals surface area (Å²) < 4.78 is 5.63. The monoisotopic (exact) mass is 331 g/mol. The van der Waals surface area contributed by atoms with Crippen molar-refractivity contribution in [1.82, 2.24) is 5.32 Å². The molecule has 0 radical (unpaired) electrons. The van der Waals surface area contributed by atoms with Gasteiger partial charge in [-0.1, -0.05) is 48.5 Å². The number of amides is 1. The van der Waals surface area contributed by atoms with Gasteiger partial charge in [0.15, 0.2) is 5.76 Å². The summed E-state index contributed by atoms with van der Waals surface area (Å²) in [6.45, 7) is 0. The summed E-state index contributed by atoms with van der Waals surface area (Å²) in [4.78, 5) is 23.7. The third-order valence-electron chi connectivity index (χ3n) is 3.73. The smallest absolute Gasteiger partial charge is 0.251 e. The van der Waals surface area contributed by atoms with Crippen LogP contribution < -0.4 is 5.32 Å². The zero-order valence-corrected chi connectivity index (χ0v) is 13.7. The zero-order chi connectivity index (χ0) is 17.6. The number of carbonyl (C=O) groups excluding carboxylic acids is 2. The summed E-state index contributed by atoms with van der Waals surface area (Å²) in [7, 11) is 1.59. The highest BCUT2D eigenvalue weighted by atomic mass is 16.3. The molecular weight excluding hydrogens is 314 g/mol. The molecule has 0 aliphatic heterocycles. The molecule has 25 heavy (non-hydrogen) atoms. The molecule has 1 aromatic heterocycles. The highest BCUT2D eigenvalue weighted by molar-refractivity contribution is 6.05. The molecule has 1 amide bonds. The average Bonchev–Trinajstić information content (AvgIpc) is 3.17. The SMILES string of the molecule is CNC(=O)c1ccc(/C=C/C(=O)c2ccc(-c3ccccc3)o2)cc1. The fraction of sp³-hybridized carbons (Fsp3) is 0.0476. The predicted molar refractivity (Wildman–Crippen MR) is 97.3 cm³/mol. The summed E-state index contributed by atoms with van der Waals surface area (Å²) in [5.41, 5.74) is 2.33. The van der Waals surface area contributed by atoms with Crippen LogP contribution in [0.15, 0.2) is 77.2 Å². The van der Waals surface area contributed by atoms with Crippen LogP contribution in [0.2, 0.25) is 0 Å². The Balaban J connectivity index is 1.71. The number of ketones is 1. The van der Waals surface area contributed by atoms with Crippen molar-refractivity contribution in [3.05, 3.63) is 89.7 Å². The second kappa shape index (κ2) is 7.45. The van der Waals surface area contributed by atoms with Crippen molar-refractivity contribution in [3.63, 3.8) is 0 Å². The third kappa shape index (κ3) is 3.93. The molecule has 0 unspecified atom stereocenters.